The van der Waals surface area contributed by atoms with Crippen LogP contribution in [0.5, 0.6) is 0 Å². The third-order valence-corrected chi connectivity index (χ3v) is 3.28. The molecule has 20 heavy (non-hydrogen) atoms. The fraction of sp³-hybridized carbons (Fsp3) is 0.231. The summed E-state index contributed by atoms with van der Waals surface area (Å²) in [6.07, 6.45) is 2.26. The highest BCUT2D eigenvalue weighted by Crippen LogP contribution is 2.16. The first-order valence-electron chi connectivity index (χ1n) is 5.92. The van der Waals surface area contributed by atoms with E-state index in [1.54, 1.807) is 12.1 Å². The molecule has 6 nitrogen and oxygen atoms in total. The molecule has 0 aliphatic carbocycles. The van der Waals surface area contributed by atoms with Crippen molar-refractivity contribution in [1.82, 2.24) is 15.2 Å². The number of aryl methyl sites for hydroxylation is 1. The Bertz CT molecular complexity index is 655. The summed E-state index contributed by atoms with van der Waals surface area (Å²) in [5.41, 5.74) is 0.910. The lowest BCUT2D eigenvalue weighted by molar-refractivity contribution is 0.102. The zero-order chi connectivity index (χ0) is 14.4. The van der Waals surface area contributed by atoms with E-state index in [2.05, 4.69) is 32.3 Å². The summed E-state index contributed by atoms with van der Waals surface area (Å²) in [4.78, 5) is 15.9. The molecule has 0 bridgehead atoms. The predicted molar refractivity (Wildman–Crippen MR) is 75.4 cm³/mol. The van der Waals surface area contributed by atoms with Crippen molar-refractivity contribution in [1.29, 1.82) is 0 Å². The van der Waals surface area contributed by atoms with Crippen molar-refractivity contribution < 1.29 is 9.90 Å². The van der Waals surface area contributed by atoms with Crippen molar-refractivity contribution in [2.45, 2.75) is 13.3 Å². The molecule has 0 fully saturated rings. The molecule has 0 atom stereocenters. The molecule has 2 rings (SSSR count). The zero-order valence-electron chi connectivity index (χ0n) is 10.8. The largest absolute Gasteiger partial charge is 0.384 e. The van der Waals surface area contributed by atoms with Crippen LogP contribution < -0.4 is 5.32 Å². The SMILES string of the molecule is CCc1nnc(NC(=O)c2ccc(C#CCO)cn2)s1. The normalized spacial score (nSPS) is 9.70. The minimum absolute atomic E-state index is 0.209. The van der Waals surface area contributed by atoms with Crippen molar-refractivity contribution in [2.75, 3.05) is 11.9 Å². The maximum absolute atomic E-state index is 11.9. The van der Waals surface area contributed by atoms with Gasteiger partial charge in [-0.25, -0.2) is 4.98 Å². The Kier molecular flexibility index (Phi) is 4.76. The summed E-state index contributed by atoms with van der Waals surface area (Å²) < 4.78 is 0. The van der Waals surface area contributed by atoms with Crippen LogP contribution >= 0.6 is 11.3 Å². The number of hydrogen-bond acceptors (Lipinski definition) is 6. The van der Waals surface area contributed by atoms with Gasteiger partial charge in [-0.3, -0.25) is 10.1 Å². The van der Waals surface area contributed by atoms with E-state index in [9.17, 15) is 4.79 Å². The Balaban J connectivity index is 2.05. The summed E-state index contributed by atoms with van der Waals surface area (Å²) >= 11 is 1.34. The van der Waals surface area contributed by atoms with E-state index < -0.39 is 0 Å². The highest BCUT2D eigenvalue weighted by molar-refractivity contribution is 7.15. The van der Waals surface area contributed by atoms with E-state index in [1.165, 1.54) is 17.5 Å². The first-order chi connectivity index (χ1) is 9.72. The van der Waals surface area contributed by atoms with Gasteiger partial charge in [0, 0.05) is 11.8 Å². The molecule has 2 N–H and O–H groups in total. The summed E-state index contributed by atoms with van der Waals surface area (Å²) in [5, 5.41) is 20.3. The van der Waals surface area contributed by atoms with Gasteiger partial charge in [0.2, 0.25) is 5.13 Å². The fourth-order valence-corrected chi connectivity index (χ4v) is 2.03. The first kappa shape index (κ1) is 14.1. The smallest absolute Gasteiger partial charge is 0.276 e. The number of amides is 1. The lowest BCUT2D eigenvalue weighted by Gasteiger charge is -2.00. The second kappa shape index (κ2) is 6.75. The fourth-order valence-electron chi connectivity index (χ4n) is 1.35. The Morgan fingerprint density at radius 2 is 2.30 bits per heavy atom. The molecule has 2 aromatic rings. The van der Waals surface area contributed by atoms with Crippen molar-refractivity contribution in [3.05, 3.63) is 34.6 Å². The second-order valence-electron chi connectivity index (χ2n) is 3.70. The Morgan fingerprint density at radius 1 is 1.45 bits per heavy atom. The van der Waals surface area contributed by atoms with Gasteiger partial charge in [0.1, 0.15) is 17.3 Å². The summed E-state index contributed by atoms with van der Waals surface area (Å²) in [6.45, 7) is 1.76. The van der Waals surface area contributed by atoms with Crippen molar-refractivity contribution in [2.24, 2.45) is 0 Å². The summed E-state index contributed by atoms with van der Waals surface area (Å²) in [5.74, 6) is 4.88. The molecule has 1 amide bonds. The van der Waals surface area contributed by atoms with Crippen LogP contribution in [0.3, 0.4) is 0 Å². The minimum atomic E-state index is -0.342. The van der Waals surface area contributed by atoms with E-state index >= 15 is 0 Å². The molecule has 0 spiro atoms. The number of carbonyl (C=O) groups is 1. The van der Waals surface area contributed by atoms with Crippen LogP contribution in [0.2, 0.25) is 0 Å². The van der Waals surface area contributed by atoms with Gasteiger partial charge in [-0.15, -0.1) is 10.2 Å². The van der Waals surface area contributed by atoms with E-state index in [4.69, 9.17) is 5.11 Å². The second-order valence-corrected chi connectivity index (χ2v) is 4.76. The van der Waals surface area contributed by atoms with Gasteiger partial charge in [0.25, 0.3) is 5.91 Å². The molecule has 7 heteroatoms. The van der Waals surface area contributed by atoms with Crippen LogP contribution in [0.15, 0.2) is 18.3 Å². The highest BCUT2D eigenvalue weighted by atomic mass is 32.1. The standard InChI is InChI=1S/C13H12N4O2S/c1-2-11-16-17-13(20-11)15-12(19)10-6-5-9(8-14-10)4-3-7-18/h5-6,8,18H,2,7H2,1H3,(H,15,17,19). The van der Waals surface area contributed by atoms with Crippen LogP contribution in [0, 0.1) is 11.8 Å². The molecule has 2 heterocycles. The number of pyridine rings is 1. The Hall–Kier alpha value is -2.30. The van der Waals surface area contributed by atoms with E-state index in [0.717, 1.165) is 11.4 Å². The van der Waals surface area contributed by atoms with Crippen LogP contribution in [0.4, 0.5) is 5.13 Å². The van der Waals surface area contributed by atoms with Gasteiger partial charge in [0.05, 0.1) is 0 Å². The number of carbonyl (C=O) groups excluding carboxylic acids is 1. The molecule has 0 aliphatic rings. The highest BCUT2D eigenvalue weighted by Gasteiger charge is 2.10. The number of aromatic nitrogens is 3. The van der Waals surface area contributed by atoms with Crippen molar-refractivity contribution in [3.8, 4) is 11.8 Å². The lowest BCUT2D eigenvalue weighted by atomic mass is 10.2. The number of aliphatic hydroxyl groups is 1. The van der Waals surface area contributed by atoms with Crippen LogP contribution in [-0.4, -0.2) is 32.8 Å². The predicted octanol–water partition coefficient (Wildman–Crippen LogP) is 1.09. The van der Waals surface area contributed by atoms with Crippen molar-refractivity contribution in [3.63, 3.8) is 0 Å². The zero-order valence-corrected chi connectivity index (χ0v) is 11.6. The van der Waals surface area contributed by atoms with Crippen LogP contribution in [0.1, 0.15) is 28.0 Å². The minimum Gasteiger partial charge on any atom is -0.384 e. The maximum Gasteiger partial charge on any atom is 0.276 e. The molecule has 0 aromatic carbocycles. The molecule has 2 aromatic heterocycles. The molecule has 102 valence electrons. The van der Waals surface area contributed by atoms with Crippen molar-refractivity contribution >= 4 is 22.4 Å². The van der Waals surface area contributed by atoms with Gasteiger partial charge in [-0.05, 0) is 18.6 Å². The molecular weight excluding hydrogens is 276 g/mol. The number of anilines is 1. The van der Waals surface area contributed by atoms with Gasteiger partial charge >= 0.3 is 0 Å². The summed E-state index contributed by atoms with van der Waals surface area (Å²) in [6, 6.07) is 3.24. The summed E-state index contributed by atoms with van der Waals surface area (Å²) in [7, 11) is 0. The quantitative estimate of drug-likeness (QED) is 0.825. The number of hydrogen-bond donors (Lipinski definition) is 2. The average Bonchev–Trinajstić information content (AvgIpc) is 2.93. The third kappa shape index (κ3) is 3.60. The maximum atomic E-state index is 11.9. The van der Waals surface area contributed by atoms with Gasteiger partial charge in [-0.2, -0.15) is 0 Å². The van der Waals surface area contributed by atoms with E-state index in [1.807, 2.05) is 6.92 Å². The molecule has 0 saturated carbocycles. The monoisotopic (exact) mass is 288 g/mol. The Labute approximate surface area is 119 Å². The first-order valence-corrected chi connectivity index (χ1v) is 6.74. The number of nitrogens with zero attached hydrogens (tertiary/aromatic N) is 3. The van der Waals surface area contributed by atoms with Crippen LogP contribution in [-0.2, 0) is 6.42 Å². The Morgan fingerprint density at radius 3 is 2.90 bits per heavy atom. The molecule has 0 saturated heterocycles. The third-order valence-electron chi connectivity index (χ3n) is 2.30. The topological polar surface area (TPSA) is 88.0 Å². The van der Waals surface area contributed by atoms with E-state index in [-0.39, 0.29) is 18.2 Å². The van der Waals surface area contributed by atoms with Gasteiger partial charge in [-0.1, -0.05) is 30.1 Å². The number of aliphatic hydroxyl groups excluding tert-OH is 1. The van der Waals surface area contributed by atoms with E-state index in [0.29, 0.717) is 10.7 Å². The van der Waals surface area contributed by atoms with Gasteiger partial charge < -0.3 is 5.11 Å². The number of rotatable bonds is 3. The average molecular weight is 288 g/mol. The molecule has 0 aliphatic heterocycles. The van der Waals surface area contributed by atoms with Gasteiger partial charge in [0.15, 0.2) is 0 Å². The molecular formula is C13H12N4O2S. The van der Waals surface area contributed by atoms with Crippen LogP contribution in [0.25, 0.3) is 0 Å². The molecule has 0 unspecified atom stereocenters. The lowest BCUT2D eigenvalue weighted by Crippen LogP contribution is -2.13. The molecule has 0 radical (unpaired) electrons. The number of nitrogens with one attached hydrogen (secondary N) is 1.